The van der Waals surface area contributed by atoms with Crippen molar-refractivity contribution in [2.24, 2.45) is 0 Å². The highest BCUT2D eigenvalue weighted by Gasteiger charge is 1.93. The van der Waals surface area contributed by atoms with Gasteiger partial charge in [0.2, 0.25) is 0 Å². The lowest BCUT2D eigenvalue weighted by molar-refractivity contribution is 1.19. The second-order valence-electron chi connectivity index (χ2n) is 2.00. The van der Waals surface area contributed by atoms with Crippen LogP contribution in [0.5, 0.6) is 0 Å². The molecular formula is C7H6BrClN2. The van der Waals surface area contributed by atoms with Gasteiger partial charge in [0.1, 0.15) is 10.8 Å². The Bertz CT molecular complexity index is 358. The van der Waals surface area contributed by atoms with Crippen LogP contribution in [0.4, 0.5) is 0 Å². The molecule has 0 spiro atoms. The molecule has 0 atom stereocenters. The normalized spacial score (nSPS) is 9.55. The van der Waals surface area contributed by atoms with Crippen LogP contribution < -0.4 is 0 Å². The van der Waals surface area contributed by atoms with Gasteiger partial charge in [0.15, 0.2) is 0 Å². The van der Waals surface area contributed by atoms with Crippen LogP contribution in [0.15, 0.2) is 30.6 Å². The zero-order valence-electron chi connectivity index (χ0n) is 5.57. The molecule has 11 heavy (non-hydrogen) atoms. The quantitative estimate of drug-likeness (QED) is 0.639. The lowest BCUT2D eigenvalue weighted by Gasteiger charge is -1.93. The zero-order chi connectivity index (χ0) is 6.97. The highest BCUT2D eigenvalue weighted by Crippen LogP contribution is 2.09. The standard InChI is InChI=1S/C7H5ClN2.BrH/c8-6-2-1-3-7-9-4-5-10(6)7;/h1-5H;1H. The Kier molecular flexibility index (Phi) is 2.52. The first-order valence-corrected chi connectivity index (χ1v) is 3.33. The Balaban J connectivity index is 0.000000605. The lowest BCUT2D eigenvalue weighted by atomic mass is 10.5. The van der Waals surface area contributed by atoms with E-state index >= 15 is 0 Å². The molecule has 0 saturated heterocycles. The molecule has 0 radical (unpaired) electrons. The predicted octanol–water partition coefficient (Wildman–Crippen LogP) is 2.57. The van der Waals surface area contributed by atoms with Gasteiger partial charge < -0.3 is 0 Å². The fourth-order valence-corrected chi connectivity index (χ4v) is 1.13. The number of fused-ring (bicyclic) bond motifs is 1. The molecule has 0 saturated carbocycles. The molecule has 0 aliphatic heterocycles. The SMILES string of the molecule is Br.Clc1cccc2nccn12. The Morgan fingerprint density at radius 1 is 1.36 bits per heavy atom. The molecule has 2 rings (SSSR count). The van der Waals surface area contributed by atoms with E-state index in [0.717, 1.165) is 5.65 Å². The van der Waals surface area contributed by atoms with Crippen LogP contribution in [0.25, 0.3) is 5.65 Å². The summed E-state index contributed by atoms with van der Waals surface area (Å²) in [6.45, 7) is 0. The van der Waals surface area contributed by atoms with Crippen molar-refractivity contribution in [2.75, 3.05) is 0 Å². The molecule has 4 heteroatoms. The highest BCUT2D eigenvalue weighted by atomic mass is 79.9. The van der Waals surface area contributed by atoms with E-state index in [-0.39, 0.29) is 17.0 Å². The summed E-state index contributed by atoms with van der Waals surface area (Å²) < 4.78 is 1.82. The van der Waals surface area contributed by atoms with Gasteiger partial charge in [-0.1, -0.05) is 17.7 Å². The summed E-state index contributed by atoms with van der Waals surface area (Å²) >= 11 is 5.82. The van der Waals surface area contributed by atoms with E-state index in [1.807, 2.05) is 28.8 Å². The van der Waals surface area contributed by atoms with Gasteiger partial charge in [-0.15, -0.1) is 17.0 Å². The summed E-state index contributed by atoms with van der Waals surface area (Å²) in [6.07, 6.45) is 3.55. The lowest BCUT2D eigenvalue weighted by Crippen LogP contribution is -1.82. The first-order chi connectivity index (χ1) is 4.88. The molecular weight excluding hydrogens is 227 g/mol. The van der Waals surface area contributed by atoms with Gasteiger partial charge in [-0.3, -0.25) is 4.40 Å². The molecule has 0 bridgehead atoms. The third-order valence-electron chi connectivity index (χ3n) is 1.38. The van der Waals surface area contributed by atoms with Crippen LogP contribution >= 0.6 is 28.6 Å². The van der Waals surface area contributed by atoms with E-state index in [2.05, 4.69) is 4.98 Å². The maximum absolute atomic E-state index is 5.82. The molecule has 58 valence electrons. The minimum Gasteiger partial charge on any atom is -0.290 e. The van der Waals surface area contributed by atoms with Crippen molar-refractivity contribution in [2.45, 2.75) is 0 Å². The summed E-state index contributed by atoms with van der Waals surface area (Å²) in [5.74, 6) is 0. The number of imidazole rings is 1. The molecule has 2 aromatic heterocycles. The van der Waals surface area contributed by atoms with Gasteiger partial charge >= 0.3 is 0 Å². The van der Waals surface area contributed by atoms with Gasteiger partial charge in [-0.2, -0.15) is 0 Å². The monoisotopic (exact) mass is 232 g/mol. The van der Waals surface area contributed by atoms with Crippen molar-refractivity contribution in [1.82, 2.24) is 9.38 Å². The predicted molar refractivity (Wildman–Crippen MR) is 50.5 cm³/mol. The number of hydrogen-bond acceptors (Lipinski definition) is 1. The van der Waals surface area contributed by atoms with Crippen LogP contribution in [-0.2, 0) is 0 Å². The van der Waals surface area contributed by atoms with E-state index in [4.69, 9.17) is 11.6 Å². The van der Waals surface area contributed by atoms with Crippen LogP contribution in [0.3, 0.4) is 0 Å². The van der Waals surface area contributed by atoms with Crippen molar-refractivity contribution >= 4 is 34.2 Å². The van der Waals surface area contributed by atoms with Crippen LogP contribution in [0, 0.1) is 0 Å². The van der Waals surface area contributed by atoms with Gasteiger partial charge in [-0.05, 0) is 12.1 Å². The van der Waals surface area contributed by atoms with E-state index in [1.54, 1.807) is 6.20 Å². The highest BCUT2D eigenvalue weighted by molar-refractivity contribution is 8.93. The van der Waals surface area contributed by atoms with Gasteiger partial charge in [0.25, 0.3) is 0 Å². The fraction of sp³-hybridized carbons (Fsp3) is 0. The smallest absolute Gasteiger partial charge is 0.137 e. The number of rotatable bonds is 0. The topological polar surface area (TPSA) is 17.3 Å². The Morgan fingerprint density at radius 3 is 2.91 bits per heavy atom. The first kappa shape index (κ1) is 8.56. The summed E-state index contributed by atoms with van der Waals surface area (Å²) in [5, 5.41) is 0.690. The van der Waals surface area contributed by atoms with E-state index in [0.29, 0.717) is 5.15 Å². The van der Waals surface area contributed by atoms with E-state index in [9.17, 15) is 0 Å². The van der Waals surface area contributed by atoms with Gasteiger partial charge in [-0.25, -0.2) is 4.98 Å². The maximum atomic E-state index is 5.82. The third-order valence-corrected chi connectivity index (χ3v) is 1.69. The molecule has 0 aliphatic rings. The minimum absolute atomic E-state index is 0. The maximum Gasteiger partial charge on any atom is 0.137 e. The van der Waals surface area contributed by atoms with Crippen LogP contribution in [0.2, 0.25) is 5.15 Å². The number of pyridine rings is 1. The van der Waals surface area contributed by atoms with Gasteiger partial charge in [0.05, 0.1) is 0 Å². The van der Waals surface area contributed by atoms with Crippen molar-refractivity contribution in [3.05, 3.63) is 35.7 Å². The van der Waals surface area contributed by atoms with Gasteiger partial charge in [0, 0.05) is 12.4 Å². The zero-order valence-corrected chi connectivity index (χ0v) is 8.04. The Hall–Kier alpha value is -0.540. The van der Waals surface area contributed by atoms with Crippen molar-refractivity contribution < 1.29 is 0 Å². The molecule has 0 aliphatic carbocycles. The molecule has 0 unspecified atom stereocenters. The average molecular weight is 233 g/mol. The Morgan fingerprint density at radius 2 is 2.18 bits per heavy atom. The summed E-state index contributed by atoms with van der Waals surface area (Å²) in [4.78, 5) is 4.06. The largest absolute Gasteiger partial charge is 0.290 e. The number of nitrogens with zero attached hydrogens (tertiary/aromatic N) is 2. The number of halogens is 2. The van der Waals surface area contributed by atoms with Crippen LogP contribution in [-0.4, -0.2) is 9.38 Å². The molecule has 0 amide bonds. The third kappa shape index (κ3) is 1.39. The van der Waals surface area contributed by atoms with Crippen LogP contribution in [0.1, 0.15) is 0 Å². The number of aromatic nitrogens is 2. The molecule has 0 aromatic carbocycles. The van der Waals surface area contributed by atoms with Crippen molar-refractivity contribution in [3.8, 4) is 0 Å². The molecule has 0 N–H and O–H groups in total. The first-order valence-electron chi connectivity index (χ1n) is 2.95. The Labute approximate surface area is 79.6 Å². The fourth-order valence-electron chi connectivity index (χ4n) is 0.913. The van der Waals surface area contributed by atoms with Crippen molar-refractivity contribution in [3.63, 3.8) is 0 Å². The van der Waals surface area contributed by atoms with E-state index < -0.39 is 0 Å². The second kappa shape index (κ2) is 3.24. The van der Waals surface area contributed by atoms with Crippen molar-refractivity contribution in [1.29, 1.82) is 0 Å². The molecule has 0 fully saturated rings. The van der Waals surface area contributed by atoms with E-state index in [1.165, 1.54) is 0 Å². The molecule has 2 heterocycles. The summed E-state index contributed by atoms with van der Waals surface area (Å²) in [5.41, 5.74) is 0.882. The molecule has 2 aromatic rings. The molecule has 2 nitrogen and oxygen atoms in total. The second-order valence-corrected chi connectivity index (χ2v) is 2.39. The minimum atomic E-state index is 0. The summed E-state index contributed by atoms with van der Waals surface area (Å²) in [7, 11) is 0. The number of hydrogen-bond donors (Lipinski definition) is 0. The summed E-state index contributed by atoms with van der Waals surface area (Å²) in [6, 6.07) is 5.62. The average Bonchev–Trinajstić information content (AvgIpc) is 2.36.